The van der Waals surface area contributed by atoms with Gasteiger partial charge >= 0.3 is 0 Å². The number of nitrogens with one attached hydrogen (secondary N) is 3. The summed E-state index contributed by atoms with van der Waals surface area (Å²) in [5.41, 5.74) is 5.16. The van der Waals surface area contributed by atoms with Crippen molar-refractivity contribution in [2.45, 2.75) is 76.9 Å². The predicted octanol–water partition coefficient (Wildman–Crippen LogP) is 5.04. The fraction of sp³-hybridized carbons (Fsp3) is 0.366. The van der Waals surface area contributed by atoms with Crippen molar-refractivity contribution in [2.75, 3.05) is 25.5 Å². The largest absolute Gasteiger partial charge is 0.492 e. The number of imide groups is 2. The van der Waals surface area contributed by atoms with Crippen molar-refractivity contribution in [3.8, 4) is 5.75 Å². The zero-order valence-corrected chi connectivity index (χ0v) is 30.8. The van der Waals surface area contributed by atoms with Crippen molar-refractivity contribution in [2.24, 2.45) is 0 Å². The normalized spacial score (nSPS) is 15.2. The number of hydrogen-bond donors (Lipinski definition) is 4. The van der Waals surface area contributed by atoms with Gasteiger partial charge in [-0.1, -0.05) is 43.9 Å². The Kier molecular flexibility index (Phi) is 12.6. The second-order valence-electron chi connectivity index (χ2n) is 14.0. The first-order valence-electron chi connectivity index (χ1n) is 18.7. The molecule has 0 spiro atoms. The van der Waals surface area contributed by atoms with E-state index in [4.69, 9.17) is 9.94 Å². The Morgan fingerprint density at radius 1 is 0.891 bits per heavy atom. The second-order valence-corrected chi connectivity index (χ2v) is 14.0. The standard InChI is InChI=1S/C41H46N6O8/c1-45(26-27-9-14-31(15-10-27)55-23-22-46-21-19-28-11-12-29(24-35(28)46)38(50)44-54)37(49)8-6-4-2-3-5-7-20-42-30-13-16-32-33(25-30)41(53)47(40(32)52)34-17-18-36(48)43-39(34)51/h9-16,19,21,24-25,34,42,54H,2-8,17-18,20,22-23,26H2,1H3,(H,44,50)(H,43,48,51). The quantitative estimate of drug-likeness (QED) is 0.0469. The van der Waals surface area contributed by atoms with Crippen molar-refractivity contribution >= 4 is 52.0 Å². The first-order chi connectivity index (χ1) is 26.6. The number of unbranched alkanes of at least 4 members (excludes halogenated alkanes) is 5. The third-order valence-corrected chi connectivity index (χ3v) is 10.1. The third-order valence-electron chi connectivity index (χ3n) is 10.1. The van der Waals surface area contributed by atoms with Crippen LogP contribution in [0.3, 0.4) is 0 Å². The lowest BCUT2D eigenvalue weighted by molar-refractivity contribution is -0.136. The van der Waals surface area contributed by atoms with Gasteiger partial charge in [0.05, 0.1) is 17.7 Å². The van der Waals surface area contributed by atoms with Crippen LogP contribution < -0.4 is 20.9 Å². The van der Waals surface area contributed by atoms with Crippen LogP contribution in [0.2, 0.25) is 0 Å². The summed E-state index contributed by atoms with van der Waals surface area (Å²) >= 11 is 0. The SMILES string of the molecule is CN(Cc1ccc(OCCn2ccc3ccc(C(=O)NO)cc32)cc1)C(=O)CCCCCCCCNc1ccc2c(c1)C(=O)N(C1CCC(=O)NC1=O)C2=O. The Morgan fingerprint density at radius 3 is 2.40 bits per heavy atom. The van der Waals surface area contributed by atoms with Crippen LogP contribution in [0.25, 0.3) is 10.9 Å². The Balaban J connectivity index is 0.824. The van der Waals surface area contributed by atoms with Gasteiger partial charge in [0.2, 0.25) is 17.7 Å². The molecule has 0 bridgehead atoms. The number of hydroxylamine groups is 1. The summed E-state index contributed by atoms with van der Waals surface area (Å²) in [6.45, 7) is 2.21. The van der Waals surface area contributed by atoms with Crippen molar-refractivity contribution in [1.82, 2.24) is 25.2 Å². The van der Waals surface area contributed by atoms with E-state index in [1.54, 1.807) is 40.7 Å². The molecule has 3 heterocycles. The van der Waals surface area contributed by atoms with Gasteiger partial charge in [-0.15, -0.1) is 0 Å². The number of hydrogen-bond acceptors (Lipinski definition) is 9. The average molecular weight is 751 g/mol. The van der Waals surface area contributed by atoms with Gasteiger partial charge in [-0.25, -0.2) is 5.48 Å². The van der Waals surface area contributed by atoms with E-state index in [0.717, 1.165) is 71.3 Å². The van der Waals surface area contributed by atoms with Gasteiger partial charge in [-0.3, -0.25) is 44.2 Å². The highest BCUT2D eigenvalue weighted by Gasteiger charge is 2.44. The van der Waals surface area contributed by atoms with Crippen LogP contribution in [0.1, 0.15) is 94.4 Å². The van der Waals surface area contributed by atoms with Crippen LogP contribution in [-0.2, 0) is 27.5 Å². The van der Waals surface area contributed by atoms with Gasteiger partial charge < -0.3 is 19.5 Å². The van der Waals surface area contributed by atoms with Crippen LogP contribution in [0, 0.1) is 0 Å². The number of benzene rings is 3. The Bertz CT molecular complexity index is 2080. The summed E-state index contributed by atoms with van der Waals surface area (Å²) in [6.07, 6.45) is 8.47. The topological polar surface area (TPSA) is 179 Å². The summed E-state index contributed by atoms with van der Waals surface area (Å²) in [5.74, 6) is -1.79. The maximum absolute atomic E-state index is 13.0. The first-order valence-corrected chi connectivity index (χ1v) is 18.7. The molecule has 1 atom stereocenters. The molecule has 1 fully saturated rings. The molecule has 288 valence electrons. The van der Waals surface area contributed by atoms with E-state index in [9.17, 15) is 28.8 Å². The maximum Gasteiger partial charge on any atom is 0.274 e. The van der Waals surface area contributed by atoms with Gasteiger partial charge in [0.1, 0.15) is 18.4 Å². The summed E-state index contributed by atoms with van der Waals surface area (Å²) in [7, 11) is 1.82. The molecule has 6 rings (SSSR count). The van der Waals surface area contributed by atoms with Crippen molar-refractivity contribution in [1.29, 1.82) is 0 Å². The minimum Gasteiger partial charge on any atom is -0.492 e. The summed E-state index contributed by atoms with van der Waals surface area (Å²) in [5, 5.41) is 15.4. The molecule has 4 aromatic rings. The van der Waals surface area contributed by atoms with Gasteiger partial charge in [0, 0.05) is 55.9 Å². The molecule has 1 unspecified atom stereocenters. The number of piperidine rings is 1. The number of ether oxygens (including phenoxy) is 1. The monoisotopic (exact) mass is 750 g/mol. The smallest absolute Gasteiger partial charge is 0.274 e. The molecule has 4 N–H and O–H groups in total. The molecule has 0 aliphatic carbocycles. The third kappa shape index (κ3) is 9.38. The molecule has 1 aromatic heterocycles. The molecular weight excluding hydrogens is 704 g/mol. The van der Waals surface area contributed by atoms with Gasteiger partial charge in [-0.2, -0.15) is 0 Å². The minimum atomic E-state index is -0.981. The van der Waals surface area contributed by atoms with Crippen molar-refractivity contribution in [3.05, 3.63) is 95.2 Å². The number of amides is 6. The second kappa shape index (κ2) is 17.9. The number of fused-ring (bicyclic) bond motifs is 2. The highest BCUT2D eigenvalue weighted by Crippen LogP contribution is 2.29. The molecule has 14 heteroatoms. The molecule has 0 radical (unpaired) electrons. The Labute approximate surface area is 318 Å². The lowest BCUT2D eigenvalue weighted by Gasteiger charge is -2.27. The van der Waals surface area contributed by atoms with E-state index in [1.807, 2.05) is 54.2 Å². The number of rotatable bonds is 18. The molecule has 2 aliphatic rings. The molecule has 6 amide bonds. The van der Waals surface area contributed by atoms with E-state index in [-0.39, 0.29) is 29.9 Å². The van der Waals surface area contributed by atoms with Gasteiger partial charge in [0.15, 0.2) is 0 Å². The summed E-state index contributed by atoms with van der Waals surface area (Å²) in [4.78, 5) is 77.0. The van der Waals surface area contributed by atoms with Gasteiger partial charge in [-0.05, 0) is 78.7 Å². The predicted molar refractivity (Wildman–Crippen MR) is 204 cm³/mol. The summed E-state index contributed by atoms with van der Waals surface area (Å²) < 4.78 is 7.94. The summed E-state index contributed by atoms with van der Waals surface area (Å²) in [6, 6.07) is 18.9. The Hall–Kier alpha value is -6.02. The van der Waals surface area contributed by atoms with E-state index >= 15 is 0 Å². The number of carbonyl (C=O) groups is 6. The number of anilines is 1. The molecular formula is C41H46N6O8. The molecule has 14 nitrogen and oxygen atoms in total. The van der Waals surface area contributed by atoms with Gasteiger partial charge in [0.25, 0.3) is 17.7 Å². The molecule has 3 aromatic carbocycles. The van der Waals surface area contributed by atoms with Crippen LogP contribution in [0.5, 0.6) is 5.75 Å². The maximum atomic E-state index is 13.0. The van der Waals surface area contributed by atoms with Crippen molar-refractivity contribution < 1.29 is 38.7 Å². The Morgan fingerprint density at radius 2 is 1.64 bits per heavy atom. The fourth-order valence-corrected chi connectivity index (χ4v) is 7.01. The van der Waals surface area contributed by atoms with E-state index in [2.05, 4.69) is 10.6 Å². The lowest BCUT2D eigenvalue weighted by atomic mass is 10.0. The first kappa shape index (κ1) is 38.7. The average Bonchev–Trinajstić information content (AvgIpc) is 3.70. The molecule has 1 saturated heterocycles. The molecule has 55 heavy (non-hydrogen) atoms. The fourth-order valence-electron chi connectivity index (χ4n) is 7.01. The number of aromatic nitrogens is 1. The van der Waals surface area contributed by atoms with Crippen LogP contribution in [-0.4, -0.2) is 81.3 Å². The number of nitrogens with zero attached hydrogens (tertiary/aromatic N) is 3. The molecule has 0 saturated carbocycles. The minimum absolute atomic E-state index is 0.0815. The highest BCUT2D eigenvalue weighted by molar-refractivity contribution is 6.23. The zero-order valence-electron chi connectivity index (χ0n) is 30.8. The number of carbonyl (C=O) groups excluding carboxylic acids is 6. The van der Waals surface area contributed by atoms with Crippen LogP contribution in [0.4, 0.5) is 5.69 Å². The van der Waals surface area contributed by atoms with Crippen LogP contribution >= 0.6 is 0 Å². The van der Waals surface area contributed by atoms with Crippen molar-refractivity contribution in [3.63, 3.8) is 0 Å². The van der Waals surface area contributed by atoms with E-state index in [0.29, 0.717) is 38.2 Å². The zero-order chi connectivity index (χ0) is 38.9. The van der Waals surface area contributed by atoms with E-state index < -0.39 is 35.6 Å². The van der Waals surface area contributed by atoms with Crippen LogP contribution in [0.15, 0.2) is 72.9 Å². The van der Waals surface area contributed by atoms with E-state index in [1.165, 1.54) is 0 Å². The molecule has 2 aliphatic heterocycles. The highest BCUT2D eigenvalue weighted by atomic mass is 16.5. The lowest BCUT2D eigenvalue weighted by Crippen LogP contribution is -2.54.